The SMILES string of the molecule is CCc1nn(C)cc1N1CC(C2CCCCC2)NCC1C. The van der Waals surface area contributed by atoms with Crippen molar-refractivity contribution in [3.63, 3.8) is 0 Å². The van der Waals surface area contributed by atoms with Crippen molar-refractivity contribution in [1.29, 1.82) is 0 Å². The molecule has 1 saturated heterocycles. The maximum Gasteiger partial charge on any atom is 0.0855 e. The van der Waals surface area contributed by atoms with Gasteiger partial charge in [0.05, 0.1) is 11.4 Å². The highest BCUT2D eigenvalue weighted by Crippen LogP contribution is 2.31. The van der Waals surface area contributed by atoms with Gasteiger partial charge in [-0.15, -0.1) is 0 Å². The number of hydrogen-bond donors (Lipinski definition) is 1. The van der Waals surface area contributed by atoms with Gasteiger partial charge in [0.15, 0.2) is 0 Å². The van der Waals surface area contributed by atoms with Gasteiger partial charge in [-0.1, -0.05) is 26.2 Å². The van der Waals surface area contributed by atoms with Crippen LogP contribution < -0.4 is 10.2 Å². The molecule has 0 aromatic carbocycles. The highest BCUT2D eigenvalue weighted by atomic mass is 15.3. The predicted molar refractivity (Wildman–Crippen MR) is 87.8 cm³/mol. The number of aryl methyl sites for hydroxylation is 2. The second-order valence-electron chi connectivity index (χ2n) is 6.90. The molecular formula is C17H30N4. The Labute approximate surface area is 128 Å². The summed E-state index contributed by atoms with van der Waals surface area (Å²) in [5.41, 5.74) is 2.60. The molecule has 0 amide bonds. The fourth-order valence-electron chi connectivity index (χ4n) is 4.09. The molecule has 0 radical (unpaired) electrons. The standard InChI is InChI=1S/C17H30N4/c1-4-15-17(12-20(3)19-15)21-11-16(18-10-13(21)2)14-8-6-5-7-9-14/h12-14,16,18H,4-11H2,1-3H3. The minimum Gasteiger partial charge on any atom is -0.363 e. The van der Waals surface area contributed by atoms with Crippen molar-refractivity contribution in [2.75, 3.05) is 18.0 Å². The smallest absolute Gasteiger partial charge is 0.0855 e. The Morgan fingerprint density at radius 3 is 2.76 bits per heavy atom. The van der Waals surface area contributed by atoms with E-state index in [4.69, 9.17) is 0 Å². The molecule has 1 aromatic rings. The third kappa shape index (κ3) is 3.10. The molecule has 1 aromatic heterocycles. The number of nitrogens with one attached hydrogen (secondary N) is 1. The van der Waals surface area contributed by atoms with Gasteiger partial charge < -0.3 is 10.2 Å². The van der Waals surface area contributed by atoms with Gasteiger partial charge in [0.25, 0.3) is 0 Å². The van der Waals surface area contributed by atoms with Gasteiger partial charge in [-0.3, -0.25) is 4.68 Å². The maximum absolute atomic E-state index is 4.63. The monoisotopic (exact) mass is 290 g/mol. The van der Waals surface area contributed by atoms with E-state index in [0.29, 0.717) is 12.1 Å². The summed E-state index contributed by atoms with van der Waals surface area (Å²) in [6.07, 6.45) is 10.3. The second-order valence-corrected chi connectivity index (χ2v) is 6.90. The average molecular weight is 290 g/mol. The Balaban J connectivity index is 1.76. The van der Waals surface area contributed by atoms with E-state index in [9.17, 15) is 0 Å². The van der Waals surface area contributed by atoms with Crippen molar-refractivity contribution in [1.82, 2.24) is 15.1 Å². The van der Waals surface area contributed by atoms with Crippen molar-refractivity contribution in [2.24, 2.45) is 13.0 Å². The summed E-state index contributed by atoms with van der Waals surface area (Å²) in [6, 6.07) is 1.21. The van der Waals surface area contributed by atoms with Gasteiger partial charge in [0, 0.05) is 38.4 Å². The van der Waals surface area contributed by atoms with Crippen molar-refractivity contribution in [3.05, 3.63) is 11.9 Å². The predicted octanol–water partition coefficient (Wildman–Crippen LogP) is 2.73. The highest BCUT2D eigenvalue weighted by molar-refractivity contribution is 5.51. The zero-order valence-corrected chi connectivity index (χ0v) is 13.8. The van der Waals surface area contributed by atoms with E-state index in [0.717, 1.165) is 25.4 Å². The highest BCUT2D eigenvalue weighted by Gasteiger charge is 2.32. The first-order valence-electron chi connectivity index (χ1n) is 8.71. The Morgan fingerprint density at radius 2 is 2.05 bits per heavy atom. The van der Waals surface area contributed by atoms with E-state index < -0.39 is 0 Å². The fraction of sp³-hybridized carbons (Fsp3) is 0.824. The molecule has 4 heteroatoms. The lowest BCUT2D eigenvalue weighted by molar-refractivity contribution is 0.245. The fourth-order valence-corrected chi connectivity index (χ4v) is 4.09. The van der Waals surface area contributed by atoms with Crippen molar-refractivity contribution in [2.45, 2.75) is 64.5 Å². The van der Waals surface area contributed by atoms with Crippen molar-refractivity contribution < 1.29 is 0 Å². The summed E-state index contributed by atoms with van der Waals surface area (Å²) in [7, 11) is 2.04. The molecule has 0 spiro atoms. The van der Waals surface area contributed by atoms with Crippen LogP contribution in [0.15, 0.2) is 6.20 Å². The number of nitrogens with zero attached hydrogens (tertiary/aromatic N) is 3. The van der Waals surface area contributed by atoms with Crippen molar-refractivity contribution in [3.8, 4) is 0 Å². The van der Waals surface area contributed by atoms with Crippen molar-refractivity contribution >= 4 is 5.69 Å². The van der Waals surface area contributed by atoms with Gasteiger partial charge in [0.2, 0.25) is 0 Å². The largest absolute Gasteiger partial charge is 0.363 e. The second kappa shape index (κ2) is 6.39. The van der Waals surface area contributed by atoms with Gasteiger partial charge in [-0.2, -0.15) is 5.10 Å². The van der Waals surface area contributed by atoms with Crippen LogP contribution in [0, 0.1) is 5.92 Å². The summed E-state index contributed by atoms with van der Waals surface area (Å²) in [5, 5.41) is 8.44. The third-order valence-corrected chi connectivity index (χ3v) is 5.35. The summed E-state index contributed by atoms with van der Waals surface area (Å²) in [4.78, 5) is 2.60. The molecule has 2 unspecified atom stereocenters. The molecule has 1 aliphatic heterocycles. The lowest BCUT2D eigenvalue weighted by Gasteiger charge is -2.43. The van der Waals surface area contributed by atoms with E-state index in [-0.39, 0.29) is 0 Å². The Hall–Kier alpha value is -1.03. The quantitative estimate of drug-likeness (QED) is 0.929. The Bertz CT molecular complexity index is 461. The molecule has 0 bridgehead atoms. The van der Waals surface area contributed by atoms with Crippen LogP contribution in [0.2, 0.25) is 0 Å². The summed E-state index contributed by atoms with van der Waals surface area (Å²) < 4.78 is 1.97. The molecule has 2 fully saturated rings. The minimum absolute atomic E-state index is 0.555. The first-order valence-corrected chi connectivity index (χ1v) is 8.71. The number of rotatable bonds is 3. The molecule has 1 aliphatic carbocycles. The van der Waals surface area contributed by atoms with Gasteiger partial charge >= 0.3 is 0 Å². The van der Waals surface area contributed by atoms with Crippen LogP contribution in [0.1, 0.15) is 51.6 Å². The molecular weight excluding hydrogens is 260 g/mol. The lowest BCUT2D eigenvalue weighted by Crippen LogP contribution is -2.58. The maximum atomic E-state index is 4.63. The molecule has 1 saturated carbocycles. The molecule has 1 N–H and O–H groups in total. The normalized spacial score (nSPS) is 28.0. The molecule has 118 valence electrons. The molecule has 2 atom stereocenters. The minimum atomic E-state index is 0.555. The van der Waals surface area contributed by atoms with Gasteiger partial charge in [-0.25, -0.2) is 0 Å². The van der Waals surface area contributed by atoms with E-state index >= 15 is 0 Å². The van der Waals surface area contributed by atoms with Crippen LogP contribution in [-0.4, -0.2) is 35.0 Å². The zero-order chi connectivity index (χ0) is 14.8. The number of anilines is 1. The zero-order valence-electron chi connectivity index (χ0n) is 13.8. The molecule has 21 heavy (non-hydrogen) atoms. The summed E-state index contributed by atoms with van der Waals surface area (Å²) in [5.74, 6) is 0.871. The van der Waals surface area contributed by atoms with Crippen LogP contribution in [-0.2, 0) is 13.5 Å². The number of piperazine rings is 1. The van der Waals surface area contributed by atoms with E-state index in [2.05, 4.69) is 35.4 Å². The van der Waals surface area contributed by atoms with E-state index in [1.165, 1.54) is 43.5 Å². The van der Waals surface area contributed by atoms with Crippen LogP contribution in [0.3, 0.4) is 0 Å². The first-order chi connectivity index (χ1) is 10.2. The van der Waals surface area contributed by atoms with Crippen LogP contribution >= 0.6 is 0 Å². The lowest BCUT2D eigenvalue weighted by atomic mass is 9.82. The molecule has 2 aliphatic rings. The van der Waals surface area contributed by atoms with Crippen LogP contribution in [0.4, 0.5) is 5.69 Å². The van der Waals surface area contributed by atoms with Crippen LogP contribution in [0.5, 0.6) is 0 Å². The van der Waals surface area contributed by atoms with Gasteiger partial charge in [-0.05, 0) is 32.1 Å². The molecule has 4 nitrogen and oxygen atoms in total. The first kappa shape index (κ1) is 14.9. The Morgan fingerprint density at radius 1 is 1.29 bits per heavy atom. The Kier molecular flexibility index (Phi) is 4.53. The summed E-state index contributed by atoms with van der Waals surface area (Å²) in [6.45, 7) is 6.78. The van der Waals surface area contributed by atoms with Gasteiger partial charge in [0.1, 0.15) is 0 Å². The molecule has 3 rings (SSSR count). The van der Waals surface area contributed by atoms with E-state index in [1.807, 2.05) is 11.7 Å². The van der Waals surface area contributed by atoms with Crippen LogP contribution in [0.25, 0.3) is 0 Å². The number of aromatic nitrogens is 2. The topological polar surface area (TPSA) is 33.1 Å². The summed E-state index contributed by atoms with van der Waals surface area (Å²) >= 11 is 0. The third-order valence-electron chi connectivity index (χ3n) is 5.35. The molecule has 2 heterocycles. The van der Waals surface area contributed by atoms with E-state index in [1.54, 1.807) is 0 Å². The number of hydrogen-bond acceptors (Lipinski definition) is 3. The average Bonchev–Trinajstić information content (AvgIpc) is 2.89.